The minimum atomic E-state index is 0.552. The number of carbonyl (C=O) groups is 1. The molecule has 2 aliphatic carbocycles. The lowest BCUT2D eigenvalue weighted by molar-refractivity contribution is -0.121. The van der Waals surface area contributed by atoms with Crippen LogP contribution in [0.3, 0.4) is 0 Å². The molecule has 0 aromatic heterocycles. The van der Waals surface area contributed by atoms with Crippen molar-refractivity contribution in [1.29, 1.82) is 0 Å². The molecule has 0 unspecified atom stereocenters. The average Bonchev–Trinajstić information content (AvgIpc) is 2.49. The van der Waals surface area contributed by atoms with Crippen LogP contribution in [0.4, 0.5) is 0 Å². The van der Waals surface area contributed by atoms with Gasteiger partial charge in [0, 0.05) is 12.8 Å². The maximum absolute atomic E-state index is 11.6. The van der Waals surface area contributed by atoms with Crippen molar-refractivity contribution in [3.05, 3.63) is 0 Å². The second-order valence-corrected chi connectivity index (χ2v) is 4.89. The molecule has 0 spiro atoms. The van der Waals surface area contributed by atoms with Crippen LogP contribution in [-0.4, -0.2) is 5.78 Å². The molecule has 13 heavy (non-hydrogen) atoms. The molecule has 2 fully saturated rings. The van der Waals surface area contributed by atoms with Gasteiger partial charge >= 0.3 is 0 Å². The summed E-state index contributed by atoms with van der Waals surface area (Å²) in [6.45, 7) is 0. The quantitative estimate of drug-likeness (QED) is 0.648. The highest BCUT2D eigenvalue weighted by atomic mass is 16.1. The monoisotopic (exact) mass is 180 g/mol. The van der Waals surface area contributed by atoms with Crippen LogP contribution in [-0.2, 0) is 4.79 Å². The van der Waals surface area contributed by atoms with Crippen molar-refractivity contribution in [1.82, 2.24) is 0 Å². The molecule has 2 saturated carbocycles. The van der Waals surface area contributed by atoms with E-state index in [-0.39, 0.29) is 0 Å². The third-order valence-electron chi connectivity index (χ3n) is 3.73. The number of hydrogen-bond acceptors (Lipinski definition) is 1. The van der Waals surface area contributed by atoms with Gasteiger partial charge in [-0.1, -0.05) is 44.9 Å². The van der Waals surface area contributed by atoms with E-state index in [2.05, 4.69) is 0 Å². The molecule has 0 heterocycles. The SMILES string of the molecule is O=C(CC1CCCC1)CC1CCC1. The van der Waals surface area contributed by atoms with Gasteiger partial charge in [-0.05, 0) is 11.8 Å². The van der Waals surface area contributed by atoms with Crippen LogP contribution in [0.2, 0.25) is 0 Å². The normalized spacial score (nSPS) is 24.6. The Morgan fingerprint density at radius 3 is 1.69 bits per heavy atom. The first-order valence-electron chi connectivity index (χ1n) is 5.86. The van der Waals surface area contributed by atoms with E-state index in [4.69, 9.17) is 0 Å². The van der Waals surface area contributed by atoms with Crippen LogP contribution < -0.4 is 0 Å². The number of rotatable bonds is 4. The summed E-state index contributed by atoms with van der Waals surface area (Å²) in [6, 6.07) is 0. The molecule has 2 rings (SSSR count). The largest absolute Gasteiger partial charge is 0.300 e. The molecule has 1 heteroatoms. The van der Waals surface area contributed by atoms with Crippen LogP contribution in [0.1, 0.15) is 57.8 Å². The van der Waals surface area contributed by atoms with E-state index in [9.17, 15) is 4.79 Å². The molecule has 0 aromatic rings. The summed E-state index contributed by atoms with van der Waals surface area (Å²) in [5.74, 6) is 2.08. The highest BCUT2D eigenvalue weighted by molar-refractivity contribution is 5.79. The Kier molecular flexibility index (Phi) is 3.02. The predicted octanol–water partition coefficient (Wildman–Crippen LogP) is 3.33. The van der Waals surface area contributed by atoms with E-state index in [1.54, 1.807) is 0 Å². The maximum atomic E-state index is 11.6. The summed E-state index contributed by atoms with van der Waals surface area (Å²) in [6.07, 6.45) is 11.1. The first-order valence-corrected chi connectivity index (χ1v) is 5.86. The Balaban J connectivity index is 1.64. The minimum absolute atomic E-state index is 0.552. The third kappa shape index (κ3) is 2.55. The van der Waals surface area contributed by atoms with E-state index in [0.717, 1.165) is 24.7 Å². The first kappa shape index (κ1) is 9.23. The molecule has 0 N–H and O–H groups in total. The lowest BCUT2D eigenvalue weighted by Crippen LogP contribution is -2.17. The van der Waals surface area contributed by atoms with Crippen LogP contribution in [0.15, 0.2) is 0 Å². The van der Waals surface area contributed by atoms with Crippen molar-refractivity contribution >= 4 is 5.78 Å². The zero-order chi connectivity index (χ0) is 9.10. The Morgan fingerprint density at radius 1 is 0.846 bits per heavy atom. The fourth-order valence-electron chi connectivity index (χ4n) is 2.64. The number of ketones is 1. The standard InChI is InChI=1S/C12H20O/c13-12(9-11-6-3-7-11)8-10-4-1-2-5-10/h10-11H,1-9H2. The average molecular weight is 180 g/mol. The second kappa shape index (κ2) is 4.26. The summed E-state index contributed by atoms with van der Waals surface area (Å²) in [4.78, 5) is 11.6. The molecule has 0 aliphatic heterocycles. The van der Waals surface area contributed by atoms with Gasteiger partial charge in [0.25, 0.3) is 0 Å². The van der Waals surface area contributed by atoms with Crippen LogP contribution in [0, 0.1) is 11.8 Å². The fraction of sp³-hybridized carbons (Fsp3) is 0.917. The molecule has 0 radical (unpaired) electrons. The zero-order valence-corrected chi connectivity index (χ0v) is 8.43. The van der Waals surface area contributed by atoms with Crippen molar-refractivity contribution in [2.24, 2.45) is 11.8 Å². The van der Waals surface area contributed by atoms with E-state index in [1.807, 2.05) is 0 Å². The van der Waals surface area contributed by atoms with E-state index < -0.39 is 0 Å². The molecule has 0 aromatic carbocycles. The van der Waals surface area contributed by atoms with Gasteiger partial charge in [0.05, 0.1) is 0 Å². The summed E-state index contributed by atoms with van der Waals surface area (Å²) >= 11 is 0. The predicted molar refractivity (Wildman–Crippen MR) is 53.5 cm³/mol. The molecular formula is C12H20O. The number of hydrogen-bond donors (Lipinski definition) is 0. The van der Waals surface area contributed by atoms with Gasteiger partial charge < -0.3 is 0 Å². The second-order valence-electron chi connectivity index (χ2n) is 4.89. The lowest BCUT2D eigenvalue weighted by Gasteiger charge is -2.24. The van der Waals surface area contributed by atoms with Crippen molar-refractivity contribution in [2.45, 2.75) is 57.8 Å². The molecule has 2 aliphatic rings. The van der Waals surface area contributed by atoms with Crippen molar-refractivity contribution in [2.75, 3.05) is 0 Å². The molecule has 74 valence electrons. The van der Waals surface area contributed by atoms with Gasteiger partial charge in [0.15, 0.2) is 0 Å². The smallest absolute Gasteiger partial charge is 0.133 e. The van der Waals surface area contributed by atoms with Gasteiger partial charge in [0.1, 0.15) is 5.78 Å². The summed E-state index contributed by atoms with van der Waals surface area (Å²) in [5, 5.41) is 0. The van der Waals surface area contributed by atoms with Gasteiger partial charge in [-0.25, -0.2) is 0 Å². The zero-order valence-electron chi connectivity index (χ0n) is 8.43. The molecule has 1 nitrogen and oxygen atoms in total. The lowest BCUT2D eigenvalue weighted by atomic mass is 9.80. The number of carbonyl (C=O) groups excluding carboxylic acids is 1. The molecular weight excluding hydrogens is 160 g/mol. The van der Waals surface area contributed by atoms with Gasteiger partial charge in [-0.3, -0.25) is 4.79 Å². The molecule has 0 amide bonds. The topological polar surface area (TPSA) is 17.1 Å². The fourth-order valence-corrected chi connectivity index (χ4v) is 2.64. The van der Waals surface area contributed by atoms with Crippen LogP contribution in [0.5, 0.6) is 0 Å². The van der Waals surface area contributed by atoms with Crippen molar-refractivity contribution in [3.8, 4) is 0 Å². The maximum Gasteiger partial charge on any atom is 0.133 e. The highest BCUT2D eigenvalue weighted by Gasteiger charge is 2.23. The summed E-state index contributed by atoms with van der Waals surface area (Å²) in [7, 11) is 0. The van der Waals surface area contributed by atoms with Crippen molar-refractivity contribution in [3.63, 3.8) is 0 Å². The number of Topliss-reactive ketones (excluding diaryl/α,β-unsaturated/α-hetero) is 1. The Hall–Kier alpha value is -0.330. The molecule has 0 saturated heterocycles. The first-order chi connectivity index (χ1) is 6.34. The van der Waals surface area contributed by atoms with Crippen LogP contribution >= 0.6 is 0 Å². The van der Waals surface area contributed by atoms with Crippen molar-refractivity contribution < 1.29 is 4.79 Å². The van der Waals surface area contributed by atoms with E-state index in [1.165, 1.54) is 44.9 Å². The third-order valence-corrected chi connectivity index (χ3v) is 3.73. The van der Waals surface area contributed by atoms with Gasteiger partial charge in [-0.2, -0.15) is 0 Å². The Bertz CT molecular complexity index is 176. The Morgan fingerprint density at radius 2 is 1.31 bits per heavy atom. The highest BCUT2D eigenvalue weighted by Crippen LogP contribution is 2.32. The summed E-state index contributed by atoms with van der Waals surface area (Å²) in [5.41, 5.74) is 0. The van der Waals surface area contributed by atoms with E-state index >= 15 is 0 Å². The molecule has 0 bridgehead atoms. The Labute approximate surface area is 80.9 Å². The van der Waals surface area contributed by atoms with Crippen LogP contribution in [0.25, 0.3) is 0 Å². The molecule has 0 atom stereocenters. The van der Waals surface area contributed by atoms with E-state index in [0.29, 0.717) is 5.78 Å². The van der Waals surface area contributed by atoms with Gasteiger partial charge in [-0.15, -0.1) is 0 Å². The summed E-state index contributed by atoms with van der Waals surface area (Å²) < 4.78 is 0. The minimum Gasteiger partial charge on any atom is -0.300 e. The van der Waals surface area contributed by atoms with Gasteiger partial charge in [0.2, 0.25) is 0 Å².